The molecule has 0 heteroatoms. The molecule has 0 radical (unpaired) electrons. The standard InChI is InChI=1S/C15H26.C2H4/c1-5-14(9-6-12(2)3)15-10-7-13(4)8-11-15;1-2/h6,9,13,15H,5,7-8,10-11H2,1-4H3;1-2H2/b14-9+;. The summed E-state index contributed by atoms with van der Waals surface area (Å²) in [6.45, 7) is 15.0. The first-order valence-corrected chi connectivity index (χ1v) is 6.97. The van der Waals surface area contributed by atoms with Gasteiger partial charge in [-0.1, -0.05) is 50.0 Å². The first-order chi connectivity index (χ1) is 8.13. The lowest BCUT2D eigenvalue weighted by atomic mass is 9.78. The molecule has 0 aliphatic heterocycles. The maximum atomic E-state index is 3.00. The highest BCUT2D eigenvalue weighted by atomic mass is 14.2. The zero-order chi connectivity index (χ0) is 13.3. The van der Waals surface area contributed by atoms with Crippen molar-refractivity contribution >= 4 is 0 Å². The van der Waals surface area contributed by atoms with Crippen molar-refractivity contribution in [1.82, 2.24) is 0 Å². The van der Waals surface area contributed by atoms with E-state index in [1.165, 1.54) is 37.7 Å². The maximum absolute atomic E-state index is 3.00. The summed E-state index contributed by atoms with van der Waals surface area (Å²) in [5.74, 6) is 1.84. The van der Waals surface area contributed by atoms with Crippen LogP contribution in [0.2, 0.25) is 0 Å². The van der Waals surface area contributed by atoms with Crippen molar-refractivity contribution in [2.24, 2.45) is 11.8 Å². The van der Waals surface area contributed by atoms with Gasteiger partial charge < -0.3 is 0 Å². The van der Waals surface area contributed by atoms with E-state index < -0.39 is 0 Å². The summed E-state index contributed by atoms with van der Waals surface area (Å²) in [7, 11) is 0. The molecule has 1 rings (SSSR count). The normalized spacial score (nSPS) is 24.6. The highest BCUT2D eigenvalue weighted by molar-refractivity contribution is 5.18. The maximum Gasteiger partial charge on any atom is -0.0200 e. The van der Waals surface area contributed by atoms with Crippen LogP contribution in [-0.4, -0.2) is 0 Å². The van der Waals surface area contributed by atoms with Crippen molar-refractivity contribution in [3.05, 3.63) is 36.5 Å². The minimum Gasteiger partial charge on any atom is -0.106 e. The number of allylic oxidation sites excluding steroid dienone is 4. The number of hydrogen-bond acceptors (Lipinski definition) is 0. The molecule has 0 atom stereocenters. The molecule has 0 aromatic rings. The Hall–Kier alpha value is -0.780. The Morgan fingerprint density at radius 1 is 1.06 bits per heavy atom. The van der Waals surface area contributed by atoms with Crippen molar-refractivity contribution < 1.29 is 0 Å². The molecule has 1 aliphatic carbocycles. The van der Waals surface area contributed by atoms with Gasteiger partial charge in [0.25, 0.3) is 0 Å². The van der Waals surface area contributed by atoms with Gasteiger partial charge in [-0.25, -0.2) is 0 Å². The van der Waals surface area contributed by atoms with E-state index in [-0.39, 0.29) is 0 Å². The van der Waals surface area contributed by atoms with Gasteiger partial charge in [0.1, 0.15) is 0 Å². The second kappa shape index (κ2) is 9.27. The Bertz CT molecular complexity index is 245. The van der Waals surface area contributed by atoms with Gasteiger partial charge in [0.05, 0.1) is 0 Å². The fourth-order valence-corrected chi connectivity index (χ4v) is 2.45. The molecule has 0 amide bonds. The molecule has 1 aliphatic rings. The fourth-order valence-electron chi connectivity index (χ4n) is 2.45. The predicted octanol–water partition coefficient (Wildman–Crippen LogP) is 5.92. The van der Waals surface area contributed by atoms with Crippen LogP contribution >= 0.6 is 0 Å². The van der Waals surface area contributed by atoms with E-state index in [0.29, 0.717) is 0 Å². The SMILES string of the molecule is C=C.CC/C(=C\C=C(C)C)C1CCC(C)CC1. The van der Waals surface area contributed by atoms with Gasteiger partial charge in [-0.3, -0.25) is 0 Å². The molecule has 0 aromatic carbocycles. The molecule has 98 valence electrons. The Labute approximate surface area is 109 Å². The van der Waals surface area contributed by atoms with Gasteiger partial charge in [0.15, 0.2) is 0 Å². The largest absolute Gasteiger partial charge is 0.106 e. The minimum absolute atomic E-state index is 0.877. The van der Waals surface area contributed by atoms with Crippen molar-refractivity contribution in [2.75, 3.05) is 0 Å². The van der Waals surface area contributed by atoms with Crippen molar-refractivity contribution in [3.63, 3.8) is 0 Å². The van der Waals surface area contributed by atoms with Crippen LogP contribution in [0.5, 0.6) is 0 Å². The third kappa shape index (κ3) is 6.51. The van der Waals surface area contributed by atoms with Crippen LogP contribution in [0.4, 0.5) is 0 Å². The Kier molecular flexibility index (Phi) is 8.85. The summed E-state index contributed by atoms with van der Waals surface area (Å²) in [6, 6.07) is 0. The van der Waals surface area contributed by atoms with Gasteiger partial charge in [0.2, 0.25) is 0 Å². The first-order valence-electron chi connectivity index (χ1n) is 6.97. The second-order valence-electron chi connectivity index (χ2n) is 5.30. The lowest BCUT2D eigenvalue weighted by Gasteiger charge is -2.27. The van der Waals surface area contributed by atoms with Crippen LogP contribution < -0.4 is 0 Å². The molecule has 0 aromatic heterocycles. The van der Waals surface area contributed by atoms with E-state index in [4.69, 9.17) is 0 Å². The molecular formula is C17H30. The van der Waals surface area contributed by atoms with Crippen molar-refractivity contribution in [1.29, 1.82) is 0 Å². The Balaban J connectivity index is 0.00000121. The summed E-state index contributed by atoms with van der Waals surface area (Å²) in [5.41, 5.74) is 3.08. The molecule has 0 bridgehead atoms. The fraction of sp³-hybridized carbons (Fsp3) is 0.647. The van der Waals surface area contributed by atoms with Crippen LogP contribution in [0.25, 0.3) is 0 Å². The predicted molar refractivity (Wildman–Crippen MR) is 80.2 cm³/mol. The van der Waals surface area contributed by atoms with Crippen LogP contribution in [0.1, 0.15) is 59.8 Å². The smallest absolute Gasteiger partial charge is 0.0200 e. The summed E-state index contributed by atoms with van der Waals surface area (Å²) < 4.78 is 0. The molecule has 0 saturated heterocycles. The van der Waals surface area contributed by atoms with Gasteiger partial charge in [-0.15, -0.1) is 13.2 Å². The molecule has 0 unspecified atom stereocenters. The van der Waals surface area contributed by atoms with Crippen LogP contribution in [-0.2, 0) is 0 Å². The van der Waals surface area contributed by atoms with Gasteiger partial charge in [0, 0.05) is 0 Å². The molecule has 0 nitrogen and oxygen atoms in total. The van der Waals surface area contributed by atoms with E-state index in [2.05, 4.69) is 53.0 Å². The van der Waals surface area contributed by atoms with E-state index in [1.807, 2.05) is 0 Å². The molecular weight excluding hydrogens is 204 g/mol. The Morgan fingerprint density at radius 2 is 1.59 bits per heavy atom. The quantitative estimate of drug-likeness (QED) is 0.420. The topological polar surface area (TPSA) is 0 Å². The lowest BCUT2D eigenvalue weighted by molar-refractivity contribution is 0.317. The van der Waals surface area contributed by atoms with Crippen molar-refractivity contribution in [3.8, 4) is 0 Å². The van der Waals surface area contributed by atoms with Gasteiger partial charge in [-0.05, 0) is 44.9 Å². The second-order valence-corrected chi connectivity index (χ2v) is 5.30. The molecule has 0 N–H and O–H groups in total. The minimum atomic E-state index is 0.877. The summed E-state index contributed by atoms with van der Waals surface area (Å²) in [4.78, 5) is 0. The average Bonchev–Trinajstić information content (AvgIpc) is 2.34. The van der Waals surface area contributed by atoms with Crippen LogP contribution in [0.15, 0.2) is 36.5 Å². The molecule has 1 saturated carbocycles. The monoisotopic (exact) mass is 234 g/mol. The van der Waals surface area contributed by atoms with Gasteiger partial charge in [-0.2, -0.15) is 0 Å². The van der Waals surface area contributed by atoms with E-state index in [0.717, 1.165) is 11.8 Å². The first kappa shape index (κ1) is 16.2. The zero-order valence-electron chi connectivity index (χ0n) is 12.3. The molecule has 0 heterocycles. The number of hydrogen-bond donors (Lipinski definition) is 0. The molecule has 1 fully saturated rings. The van der Waals surface area contributed by atoms with Crippen LogP contribution in [0.3, 0.4) is 0 Å². The molecule has 0 spiro atoms. The number of rotatable bonds is 3. The summed E-state index contributed by atoms with van der Waals surface area (Å²) in [6.07, 6.45) is 11.6. The third-order valence-electron chi connectivity index (χ3n) is 3.58. The third-order valence-corrected chi connectivity index (χ3v) is 3.58. The molecule has 17 heavy (non-hydrogen) atoms. The average molecular weight is 234 g/mol. The highest BCUT2D eigenvalue weighted by Gasteiger charge is 2.19. The Morgan fingerprint density at radius 3 is 2.00 bits per heavy atom. The summed E-state index contributed by atoms with van der Waals surface area (Å²) in [5, 5.41) is 0. The van der Waals surface area contributed by atoms with E-state index >= 15 is 0 Å². The van der Waals surface area contributed by atoms with E-state index in [9.17, 15) is 0 Å². The zero-order valence-corrected chi connectivity index (χ0v) is 12.3. The highest BCUT2D eigenvalue weighted by Crippen LogP contribution is 2.34. The van der Waals surface area contributed by atoms with Gasteiger partial charge >= 0.3 is 0 Å². The lowest BCUT2D eigenvalue weighted by Crippen LogP contribution is -2.14. The summed E-state index contributed by atoms with van der Waals surface area (Å²) >= 11 is 0. The van der Waals surface area contributed by atoms with E-state index in [1.54, 1.807) is 5.57 Å². The van der Waals surface area contributed by atoms with Crippen molar-refractivity contribution in [2.45, 2.75) is 59.8 Å². The van der Waals surface area contributed by atoms with Crippen LogP contribution in [0, 0.1) is 11.8 Å².